The summed E-state index contributed by atoms with van der Waals surface area (Å²) in [5.41, 5.74) is 2.80. The number of ketones is 1. The second-order valence-electron chi connectivity index (χ2n) is 7.81. The number of nitrogens with zero attached hydrogens (tertiary/aromatic N) is 2. The van der Waals surface area contributed by atoms with Crippen molar-refractivity contribution < 1.29 is 19.1 Å². The number of hydrogen-bond acceptors (Lipinski definition) is 6. The van der Waals surface area contributed by atoms with Gasteiger partial charge in [0.15, 0.2) is 11.5 Å². The Morgan fingerprint density at radius 3 is 2.77 bits per heavy atom. The van der Waals surface area contributed by atoms with Crippen molar-refractivity contribution in [1.82, 2.24) is 4.98 Å². The molecule has 2 atom stereocenters. The Hall–Kier alpha value is -3.00. The summed E-state index contributed by atoms with van der Waals surface area (Å²) < 4.78 is 11.8. The molecule has 0 bridgehead atoms. The van der Waals surface area contributed by atoms with Crippen molar-refractivity contribution in [1.29, 1.82) is 0 Å². The molecule has 1 N–H and O–H groups in total. The van der Waals surface area contributed by atoms with E-state index in [1.54, 1.807) is 18.3 Å². The maximum Gasteiger partial charge on any atom is 0.255 e. The average molecular weight is 482 g/mol. The van der Waals surface area contributed by atoms with E-state index < -0.39 is 11.8 Å². The van der Waals surface area contributed by atoms with Gasteiger partial charge in [0.05, 0.1) is 5.92 Å². The predicted molar refractivity (Wildman–Crippen MR) is 118 cm³/mol. The molecule has 2 aliphatic heterocycles. The fourth-order valence-corrected chi connectivity index (χ4v) is 4.75. The molecule has 1 saturated carbocycles. The van der Waals surface area contributed by atoms with Crippen molar-refractivity contribution in [3.05, 3.63) is 57.8 Å². The number of fused-ring (bicyclic) bond motifs is 2. The minimum atomic E-state index is -0.448. The van der Waals surface area contributed by atoms with E-state index in [0.717, 1.165) is 28.6 Å². The number of allylic oxidation sites excluding steroid dienone is 1. The van der Waals surface area contributed by atoms with Crippen molar-refractivity contribution in [2.75, 3.05) is 12.1 Å². The zero-order valence-electron chi connectivity index (χ0n) is 16.9. The largest absolute Gasteiger partial charge is 0.454 e. The fraction of sp³-hybridized carbons (Fsp3) is 0.304. The first-order valence-electron chi connectivity index (χ1n) is 10.1. The van der Waals surface area contributed by atoms with Crippen LogP contribution in [0.5, 0.6) is 11.5 Å². The van der Waals surface area contributed by atoms with E-state index in [1.807, 2.05) is 25.1 Å². The Morgan fingerprint density at radius 1 is 1.13 bits per heavy atom. The molecule has 0 radical (unpaired) electrons. The van der Waals surface area contributed by atoms with Gasteiger partial charge >= 0.3 is 0 Å². The highest BCUT2D eigenvalue weighted by atomic mass is 79.9. The zero-order valence-corrected chi connectivity index (χ0v) is 18.4. The lowest BCUT2D eigenvalue weighted by Gasteiger charge is -2.36. The van der Waals surface area contributed by atoms with Gasteiger partial charge in [0.1, 0.15) is 11.6 Å². The highest BCUT2D eigenvalue weighted by Crippen LogP contribution is 2.45. The number of benzene rings is 1. The van der Waals surface area contributed by atoms with Gasteiger partial charge in [0, 0.05) is 40.0 Å². The minimum Gasteiger partial charge on any atom is -0.454 e. The molecule has 1 amide bonds. The lowest BCUT2D eigenvalue weighted by Crippen LogP contribution is -2.39. The standard InChI is InChI=1S/C23H20BrN3O4/c1-12-20(23(29)27-19-8-6-14(24)10-25-19)21(22-15(26-12)3-2-4-16(22)28)13-5-7-17-18(9-13)31-11-30-17/h5-10,21-22H,2-4,11H2,1H3,(H,25,27,29)/t21-,22+/m1/s1. The normalized spacial score (nSPS) is 22.1. The number of aromatic nitrogens is 1. The summed E-state index contributed by atoms with van der Waals surface area (Å²) in [7, 11) is 0. The Labute approximate surface area is 187 Å². The first-order chi connectivity index (χ1) is 15.0. The summed E-state index contributed by atoms with van der Waals surface area (Å²) in [6, 6.07) is 9.13. The van der Waals surface area contributed by atoms with Crippen molar-refractivity contribution >= 4 is 39.1 Å². The molecule has 3 heterocycles. The average Bonchev–Trinajstić information content (AvgIpc) is 3.22. The number of amides is 1. The van der Waals surface area contributed by atoms with Crippen LogP contribution in [0.2, 0.25) is 0 Å². The smallest absolute Gasteiger partial charge is 0.255 e. The maximum atomic E-state index is 13.4. The minimum absolute atomic E-state index is 0.118. The summed E-state index contributed by atoms with van der Waals surface area (Å²) >= 11 is 3.35. The van der Waals surface area contributed by atoms with Crippen LogP contribution in [-0.2, 0) is 9.59 Å². The number of ether oxygens (including phenoxy) is 2. The number of halogens is 1. The van der Waals surface area contributed by atoms with Crippen LogP contribution >= 0.6 is 15.9 Å². The first kappa shape index (κ1) is 19.9. The molecule has 158 valence electrons. The van der Waals surface area contributed by atoms with Crippen molar-refractivity contribution in [3.63, 3.8) is 0 Å². The summed E-state index contributed by atoms with van der Waals surface area (Å²) in [5, 5.41) is 2.87. The Bertz CT molecular complexity index is 1140. The second-order valence-corrected chi connectivity index (χ2v) is 8.72. The number of rotatable bonds is 3. The molecule has 1 aromatic carbocycles. The van der Waals surface area contributed by atoms with Crippen LogP contribution in [0.15, 0.2) is 57.3 Å². The molecule has 8 heteroatoms. The van der Waals surface area contributed by atoms with Gasteiger partial charge in [-0.25, -0.2) is 4.98 Å². The highest BCUT2D eigenvalue weighted by Gasteiger charge is 2.43. The van der Waals surface area contributed by atoms with E-state index >= 15 is 0 Å². The third kappa shape index (κ3) is 3.65. The first-order valence-corrected chi connectivity index (χ1v) is 10.9. The molecule has 31 heavy (non-hydrogen) atoms. The van der Waals surface area contributed by atoms with E-state index in [1.165, 1.54) is 0 Å². The number of pyridine rings is 1. The number of anilines is 1. The van der Waals surface area contributed by atoms with Crippen molar-refractivity contribution in [3.8, 4) is 11.5 Å². The predicted octanol–water partition coefficient (Wildman–Crippen LogP) is 4.39. The Balaban J connectivity index is 1.58. The lowest BCUT2D eigenvalue weighted by molar-refractivity contribution is -0.122. The molecular formula is C23H20BrN3O4. The molecule has 2 aromatic rings. The van der Waals surface area contributed by atoms with Gasteiger partial charge in [0.2, 0.25) is 6.79 Å². The van der Waals surface area contributed by atoms with E-state index in [-0.39, 0.29) is 18.5 Å². The molecular weight excluding hydrogens is 462 g/mol. The molecule has 0 unspecified atom stereocenters. The Kier molecular flexibility index (Phi) is 5.09. The van der Waals surface area contributed by atoms with Crippen LogP contribution in [0.25, 0.3) is 0 Å². The molecule has 0 spiro atoms. The van der Waals surface area contributed by atoms with Gasteiger partial charge in [-0.15, -0.1) is 0 Å². The van der Waals surface area contributed by atoms with Gasteiger partial charge in [-0.1, -0.05) is 6.07 Å². The monoisotopic (exact) mass is 481 g/mol. The molecule has 1 aromatic heterocycles. The zero-order chi connectivity index (χ0) is 21.5. The lowest BCUT2D eigenvalue weighted by atomic mass is 9.69. The van der Waals surface area contributed by atoms with E-state index in [0.29, 0.717) is 35.0 Å². The maximum absolute atomic E-state index is 13.4. The van der Waals surface area contributed by atoms with Crippen LogP contribution in [0, 0.1) is 5.92 Å². The molecule has 0 saturated heterocycles. The van der Waals surface area contributed by atoms with Gasteiger partial charge in [0.25, 0.3) is 5.91 Å². The number of aliphatic imine (C=N–C) groups is 1. The number of Topliss-reactive ketones (excluding diaryl/α,β-unsaturated/α-hetero) is 1. The van der Waals surface area contributed by atoms with E-state index in [2.05, 4.69) is 26.2 Å². The molecule has 1 fully saturated rings. The summed E-state index contributed by atoms with van der Waals surface area (Å²) in [4.78, 5) is 35.3. The molecule has 5 rings (SSSR count). The third-order valence-corrected chi connectivity index (χ3v) is 6.35. The van der Waals surface area contributed by atoms with E-state index in [9.17, 15) is 9.59 Å². The summed E-state index contributed by atoms with van der Waals surface area (Å²) in [6.45, 7) is 1.99. The molecule has 3 aliphatic rings. The number of carbonyl (C=O) groups excluding carboxylic acids is 2. The van der Waals surface area contributed by atoms with Gasteiger partial charge in [-0.3, -0.25) is 14.6 Å². The quantitative estimate of drug-likeness (QED) is 0.701. The highest BCUT2D eigenvalue weighted by molar-refractivity contribution is 9.10. The van der Waals surface area contributed by atoms with E-state index in [4.69, 9.17) is 14.5 Å². The van der Waals surface area contributed by atoms with Gasteiger partial charge in [-0.2, -0.15) is 0 Å². The SMILES string of the molecule is CC1=C(C(=O)Nc2ccc(Br)cn2)[C@@H](c2ccc3c(c2)OCO3)[C@@H]2C(=O)CCCC2=N1. The molecule has 1 aliphatic carbocycles. The summed E-state index contributed by atoms with van der Waals surface area (Å²) in [5.74, 6) is 0.638. The van der Waals surface area contributed by atoms with Crippen molar-refractivity contribution in [2.24, 2.45) is 10.9 Å². The van der Waals surface area contributed by atoms with Crippen LogP contribution < -0.4 is 14.8 Å². The fourth-order valence-electron chi connectivity index (χ4n) is 4.52. The van der Waals surface area contributed by atoms with Gasteiger partial charge < -0.3 is 14.8 Å². The topological polar surface area (TPSA) is 89.9 Å². The second kappa shape index (κ2) is 7.92. The number of nitrogens with one attached hydrogen (secondary N) is 1. The Morgan fingerprint density at radius 2 is 1.97 bits per heavy atom. The summed E-state index contributed by atoms with van der Waals surface area (Å²) in [6.07, 6.45) is 3.67. The number of carbonyl (C=O) groups is 2. The van der Waals surface area contributed by atoms with Crippen molar-refractivity contribution in [2.45, 2.75) is 32.1 Å². The van der Waals surface area contributed by atoms with Gasteiger partial charge in [-0.05, 0) is 65.5 Å². The van der Waals surface area contributed by atoms with Crippen LogP contribution in [0.3, 0.4) is 0 Å². The van der Waals surface area contributed by atoms with Crippen LogP contribution in [-0.4, -0.2) is 29.2 Å². The molecule has 7 nitrogen and oxygen atoms in total. The van der Waals surface area contributed by atoms with Crippen LogP contribution in [0.1, 0.15) is 37.7 Å². The third-order valence-electron chi connectivity index (χ3n) is 5.88. The number of hydrogen-bond donors (Lipinski definition) is 1. The van der Waals surface area contributed by atoms with Crippen LogP contribution in [0.4, 0.5) is 5.82 Å².